The number of aliphatic carboxylic acids is 1. The molecule has 2 heterocycles. The van der Waals surface area contributed by atoms with Crippen LogP contribution in [-0.2, 0) is 17.8 Å². The first-order valence-corrected chi connectivity index (χ1v) is 8.66. The van der Waals surface area contributed by atoms with Crippen LogP contribution in [0.1, 0.15) is 31.8 Å². The fourth-order valence-electron chi connectivity index (χ4n) is 1.92. The molecule has 28 heavy (non-hydrogen) atoms. The van der Waals surface area contributed by atoms with Crippen molar-refractivity contribution in [1.29, 1.82) is 0 Å². The Labute approximate surface area is 165 Å². The van der Waals surface area contributed by atoms with Crippen molar-refractivity contribution in [1.82, 2.24) is 19.9 Å². The van der Waals surface area contributed by atoms with Crippen molar-refractivity contribution < 1.29 is 23.1 Å². The van der Waals surface area contributed by atoms with Crippen molar-refractivity contribution >= 4 is 23.5 Å². The smallest absolute Gasteiger partial charge is 0.475 e. The molecule has 0 unspecified atom stereocenters. The van der Waals surface area contributed by atoms with E-state index in [0.29, 0.717) is 24.1 Å². The summed E-state index contributed by atoms with van der Waals surface area (Å²) in [6, 6.07) is 0. The molecule has 2 aromatic rings. The number of alkyl halides is 3. The molecule has 0 aliphatic carbocycles. The van der Waals surface area contributed by atoms with Gasteiger partial charge in [0.05, 0.1) is 35.9 Å². The summed E-state index contributed by atoms with van der Waals surface area (Å²) in [5.41, 5.74) is 2.16. The van der Waals surface area contributed by atoms with Gasteiger partial charge in [-0.25, -0.2) is 19.7 Å². The van der Waals surface area contributed by atoms with Gasteiger partial charge in [-0.05, 0) is 6.42 Å². The van der Waals surface area contributed by atoms with Crippen LogP contribution in [0.2, 0.25) is 5.02 Å². The van der Waals surface area contributed by atoms with E-state index in [1.165, 1.54) is 0 Å². The number of nitrogens with one attached hydrogen (secondary N) is 1. The molecule has 11 heteroatoms. The van der Waals surface area contributed by atoms with E-state index in [4.69, 9.17) is 21.5 Å². The zero-order chi connectivity index (χ0) is 21.3. The van der Waals surface area contributed by atoms with Crippen molar-refractivity contribution in [2.45, 2.75) is 39.4 Å². The molecular formula is C17H21ClF3N5O2. The van der Waals surface area contributed by atoms with E-state index in [1.807, 2.05) is 6.20 Å². The van der Waals surface area contributed by atoms with Gasteiger partial charge in [-0.15, -0.1) is 0 Å². The number of carbonyl (C=O) groups is 1. The highest BCUT2D eigenvalue weighted by atomic mass is 35.5. The molecule has 0 saturated heterocycles. The number of rotatable bonds is 7. The number of aromatic amines is 1. The number of halogens is 4. The van der Waals surface area contributed by atoms with Gasteiger partial charge in [0.1, 0.15) is 5.82 Å². The SMILES string of the molecule is C=C(CC)CN(Cc1cnc(CC)[nH]1)c1ncc(Cl)cn1.O=C(O)C(F)(F)F. The molecule has 0 saturated carbocycles. The number of anilines is 1. The normalized spacial score (nSPS) is 10.8. The average Bonchev–Trinajstić information content (AvgIpc) is 3.09. The molecule has 0 fully saturated rings. The first-order valence-electron chi connectivity index (χ1n) is 8.28. The fourth-order valence-corrected chi connectivity index (χ4v) is 2.02. The average molecular weight is 420 g/mol. The van der Waals surface area contributed by atoms with Crippen LogP contribution in [0.3, 0.4) is 0 Å². The molecule has 0 aliphatic heterocycles. The summed E-state index contributed by atoms with van der Waals surface area (Å²) in [4.78, 5) is 27.2. The Kier molecular flexibility index (Phi) is 8.90. The van der Waals surface area contributed by atoms with Crippen LogP contribution in [0.5, 0.6) is 0 Å². The summed E-state index contributed by atoms with van der Waals surface area (Å²) in [5.74, 6) is -1.13. The summed E-state index contributed by atoms with van der Waals surface area (Å²) in [5, 5.41) is 7.66. The number of aryl methyl sites for hydroxylation is 1. The van der Waals surface area contributed by atoms with Crippen molar-refractivity contribution in [2.24, 2.45) is 0 Å². The Hall–Kier alpha value is -2.62. The monoisotopic (exact) mass is 419 g/mol. The van der Waals surface area contributed by atoms with Gasteiger partial charge >= 0.3 is 12.1 Å². The number of carboxylic acid groups (broad SMARTS) is 1. The van der Waals surface area contributed by atoms with Crippen LogP contribution < -0.4 is 4.90 Å². The minimum atomic E-state index is -5.08. The van der Waals surface area contributed by atoms with Crippen LogP contribution in [-0.4, -0.2) is 43.7 Å². The van der Waals surface area contributed by atoms with E-state index < -0.39 is 12.1 Å². The Morgan fingerprint density at radius 3 is 2.25 bits per heavy atom. The van der Waals surface area contributed by atoms with E-state index in [0.717, 1.165) is 29.9 Å². The van der Waals surface area contributed by atoms with E-state index in [-0.39, 0.29) is 0 Å². The molecule has 0 radical (unpaired) electrons. The number of H-pyrrole nitrogens is 1. The standard InChI is InChI=1S/C15H20ClN5.C2HF3O2/c1-4-11(3)9-21(15-18-6-12(16)7-19-15)10-13-8-17-14(5-2)20-13;3-2(4,5)1(6)7/h6-8H,3-5,9-10H2,1-2H3,(H,17,20);(H,6,7). The van der Waals surface area contributed by atoms with Crippen LogP contribution in [0.15, 0.2) is 30.7 Å². The minimum absolute atomic E-state index is 0.530. The van der Waals surface area contributed by atoms with Crippen molar-refractivity contribution in [3.05, 3.63) is 47.3 Å². The molecular weight excluding hydrogens is 399 g/mol. The maximum Gasteiger partial charge on any atom is 0.490 e. The number of hydrogen-bond acceptors (Lipinski definition) is 5. The van der Waals surface area contributed by atoms with Gasteiger partial charge in [0, 0.05) is 13.0 Å². The van der Waals surface area contributed by atoms with Crippen LogP contribution in [0.4, 0.5) is 19.1 Å². The van der Waals surface area contributed by atoms with Gasteiger partial charge in [-0.3, -0.25) is 0 Å². The second-order valence-electron chi connectivity index (χ2n) is 5.67. The topological polar surface area (TPSA) is 95.0 Å². The van der Waals surface area contributed by atoms with Gasteiger partial charge in [-0.2, -0.15) is 13.2 Å². The Morgan fingerprint density at radius 1 is 1.25 bits per heavy atom. The molecule has 2 aromatic heterocycles. The molecule has 0 amide bonds. The van der Waals surface area contributed by atoms with Gasteiger partial charge in [-0.1, -0.05) is 37.6 Å². The Morgan fingerprint density at radius 2 is 1.82 bits per heavy atom. The number of nitrogens with zero attached hydrogens (tertiary/aromatic N) is 4. The van der Waals surface area contributed by atoms with E-state index in [9.17, 15) is 13.2 Å². The van der Waals surface area contributed by atoms with Gasteiger partial charge in [0.15, 0.2) is 0 Å². The Bertz CT molecular complexity index is 778. The quantitative estimate of drug-likeness (QED) is 0.658. The lowest BCUT2D eigenvalue weighted by atomic mass is 10.2. The molecule has 0 spiro atoms. The second-order valence-corrected chi connectivity index (χ2v) is 6.11. The molecule has 0 aromatic carbocycles. The highest BCUT2D eigenvalue weighted by Crippen LogP contribution is 2.16. The molecule has 7 nitrogen and oxygen atoms in total. The van der Waals surface area contributed by atoms with Crippen LogP contribution >= 0.6 is 11.6 Å². The predicted molar refractivity (Wildman–Crippen MR) is 99.2 cm³/mol. The maximum absolute atomic E-state index is 10.6. The van der Waals surface area contributed by atoms with Gasteiger partial charge < -0.3 is 15.0 Å². The largest absolute Gasteiger partial charge is 0.490 e. The lowest BCUT2D eigenvalue weighted by molar-refractivity contribution is -0.192. The summed E-state index contributed by atoms with van der Waals surface area (Å²) in [6.07, 6.45) is 1.80. The third-order valence-corrected chi connectivity index (χ3v) is 3.62. The zero-order valence-electron chi connectivity index (χ0n) is 15.4. The zero-order valence-corrected chi connectivity index (χ0v) is 16.2. The summed E-state index contributed by atoms with van der Waals surface area (Å²) in [6.45, 7) is 9.60. The second kappa shape index (κ2) is 10.6. The summed E-state index contributed by atoms with van der Waals surface area (Å²) in [7, 11) is 0. The number of carboxylic acids is 1. The molecule has 0 aliphatic rings. The van der Waals surface area contributed by atoms with Gasteiger partial charge in [0.25, 0.3) is 0 Å². The fraction of sp³-hybridized carbons (Fsp3) is 0.412. The van der Waals surface area contributed by atoms with E-state index in [1.54, 1.807) is 12.4 Å². The third kappa shape index (κ3) is 7.95. The van der Waals surface area contributed by atoms with Crippen LogP contribution in [0, 0.1) is 0 Å². The number of imidazole rings is 1. The predicted octanol–water partition coefficient (Wildman–Crippen LogP) is 4.02. The van der Waals surface area contributed by atoms with Crippen molar-refractivity contribution in [2.75, 3.05) is 11.4 Å². The molecule has 154 valence electrons. The molecule has 0 atom stereocenters. The van der Waals surface area contributed by atoms with E-state index in [2.05, 4.69) is 45.3 Å². The third-order valence-electron chi connectivity index (χ3n) is 3.42. The number of hydrogen-bond donors (Lipinski definition) is 2. The first-order chi connectivity index (χ1) is 13.1. The van der Waals surface area contributed by atoms with Crippen LogP contribution in [0.25, 0.3) is 0 Å². The Balaban J connectivity index is 0.000000480. The first kappa shape index (κ1) is 23.4. The highest BCUT2D eigenvalue weighted by Gasteiger charge is 2.38. The molecule has 0 bridgehead atoms. The highest BCUT2D eigenvalue weighted by molar-refractivity contribution is 6.30. The van der Waals surface area contributed by atoms with Crippen molar-refractivity contribution in [3.8, 4) is 0 Å². The lowest BCUT2D eigenvalue weighted by Crippen LogP contribution is -2.27. The minimum Gasteiger partial charge on any atom is -0.475 e. The summed E-state index contributed by atoms with van der Waals surface area (Å²) < 4.78 is 31.7. The summed E-state index contributed by atoms with van der Waals surface area (Å²) >= 11 is 5.85. The van der Waals surface area contributed by atoms with Crippen molar-refractivity contribution in [3.63, 3.8) is 0 Å². The van der Waals surface area contributed by atoms with E-state index >= 15 is 0 Å². The van der Waals surface area contributed by atoms with Gasteiger partial charge in [0.2, 0.25) is 5.95 Å². The lowest BCUT2D eigenvalue weighted by Gasteiger charge is -2.22. The maximum atomic E-state index is 10.6. The molecule has 2 rings (SSSR count). The number of aromatic nitrogens is 4. The molecule has 2 N–H and O–H groups in total.